The lowest BCUT2D eigenvalue weighted by molar-refractivity contribution is 0.0848. The molecule has 2 heterocycles. The quantitative estimate of drug-likeness (QED) is 0.235. The number of carbonyl (C=O) groups is 1. The SMILES string of the molecule is C=C(C(C)CC)N(C)c1cccnc1CC1CCCC1.COc1cc(C(=O)CC2CCC(N3CCC(C)CC3)CC2)ccc1C.[HH]. The Bertz CT molecular complexity index is 1230. The molecule has 5 heteroatoms. The van der Waals surface area contributed by atoms with Gasteiger partial charge in [0.2, 0.25) is 0 Å². The average Bonchev–Trinajstić information content (AvgIpc) is 3.58. The molecule has 0 N–H and O–H groups in total. The average molecular weight is 618 g/mol. The van der Waals surface area contributed by atoms with E-state index in [0.29, 0.717) is 18.3 Å². The van der Waals surface area contributed by atoms with Crippen LogP contribution in [0.4, 0.5) is 5.69 Å². The molecular weight excluding hydrogens is 554 g/mol. The zero-order valence-corrected chi connectivity index (χ0v) is 29.3. The maximum absolute atomic E-state index is 12.6. The third-order valence-corrected chi connectivity index (χ3v) is 11.2. The topological polar surface area (TPSA) is 45.7 Å². The van der Waals surface area contributed by atoms with Crippen molar-refractivity contribution < 1.29 is 11.0 Å². The number of ketones is 1. The molecule has 0 amide bonds. The molecule has 2 saturated carbocycles. The van der Waals surface area contributed by atoms with Crippen LogP contribution in [0.1, 0.15) is 121 Å². The number of anilines is 1. The molecule has 3 aliphatic rings. The van der Waals surface area contributed by atoms with Gasteiger partial charge in [-0.2, -0.15) is 0 Å². The molecule has 3 fully saturated rings. The predicted molar refractivity (Wildman–Crippen MR) is 191 cm³/mol. The zero-order valence-electron chi connectivity index (χ0n) is 29.3. The van der Waals surface area contributed by atoms with Gasteiger partial charge < -0.3 is 14.5 Å². The van der Waals surface area contributed by atoms with Crippen LogP contribution in [-0.2, 0) is 6.42 Å². The highest BCUT2D eigenvalue weighted by Crippen LogP contribution is 2.34. The van der Waals surface area contributed by atoms with E-state index in [0.717, 1.165) is 47.6 Å². The van der Waals surface area contributed by atoms with Gasteiger partial charge in [-0.25, -0.2) is 0 Å². The Morgan fingerprint density at radius 1 is 1.07 bits per heavy atom. The van der Waals surface area contributed by atoms with Crippen molar-refractivity contribution in [3.8, 4) is 5.75 Å². The first-order chi connectivity index (χ1) is 21.7. The minimum atomic E-state index is 0. The minimum absolute atomic E-state index is 0. The van der Waals surface area contributed by atoms with Crippen LogP contribution in [0.3, 0.4) is 0 Å². The van der Waals surface area contributed by atoms with Crippen LogP contribution >= 0.6 is 0 Å². The number of aryl methyl sites for hydroxylation is 1. The highest BCUT2D eigenvalue weighted by Gasteiger charge is 2.29. The number of methoxy groups -OCH3 is 1. The van der Waals surface area contributed by atoms with Gasteiger partial charge in [-0.3, -0.25) is 9.78 Å². The summed E-state index contributed by atoms with van der Waals surface area (Å²) in [6, 6.07) is 10.8. The molecular formula is C40H63N3O2. The molecule has 5 nitrogen and oxygen atoms in total. The molecule has 1 unspecified atom stereocenters. The third-order valence-electron chi connectivity index (χ3n) is 11.2. The number of ether oxygens (including phenoxy) is 1. The van der Waals surface area contributed by atoms with Crippen LogP contribution in [-0.4, -0.2) is 49.0 Å². The zero-order chi connectivity index (χ0) is 32.3. The Kier molecular flexibility index (Phi) is 13.5. The second-order valence-electron chi connectivity index (χ2n) is 14.4. The summed E-state index contributed by atoms with van der Waals surface area (Å²) < 4.78 is 5.36. The van der Waals surface area contributed by atoms with Crippen LogP contribution in [0.2, 0.25) is 0 Å². The molecule has 2 aromatic rings. The standard InChI is InChI=1S/C22H33NO2.C18H28N2.H2/c1-16-10-12-23(13-11-16)20-8-5-18(6-9-20)14-21(24)19-7-4-17(2)22(15-19)25-3;1-5-14(2)15(3)20(4)18-11-8-12-19-17(18)13-16-9-6-7-10-16;/h4,7,15-16,18,20H,5-6,8-14H2,1-3H3;8,11-12,14,16H,3,5-7,9-10,13H2,1-2,4H3;1H. The number of allylic oxidation sites excluding steroid dienone is 1. The van der Waals surface area contributed by atoms with Gasteiger partial charge in [0, 0.05) is 38.4 Å². The van der Waals surface area contributed by atoms with Gasteiger partial charge >= 0.3 is 0 Å². The van der Waals surface area contributed by atoms with E-state index < -0.39 is 0 Å². The van der Waals surface area contributed by atoms with Crippen molar-refractivity contribution in [1.82, 2.24) is 9.88 Å². The van der Waals surface area contributed by atoms with Gasteiger partial charge in [0.05, 0.1) is 18.5 Å². The first-order valence-corrected chi connectivity index (χ1v) is 18.0. The maximum Gasteiger partial charge on any atom is 0.163 e. The van der Waals surface area contributed by atoms with Crippen LogP contribution in [0.15, 0.2) is 48.8 Å². The van der Waals surface area contributed by atoms with Crippen molar-refractivity contribution in [2.24, 2.45) is 23.7 Å². The fourth-order valence-electron chi connectivity index (χ4n) is 7.58. The van der Waals surface area contributed by atoms with Crippen molar-refractivity contribution in [3.05, 3.63) is 65.6 Å². The molecule has 0 radical (unpaired) electrons. The van der Waals surface area contributed by atoms with E-state index in [4.69, 9.17) is 4.74 Å². The van der Waals surface area contributed by atoms with Crippen molar-refractivity contribution in [3.63, 3.8) is 0 Å². The van der Waals surface area contributed by atoms with Gasteiger partial charge in [0.25, 0.3) is 0 Å². The Morgan fingerprint density at radius 3 is 2.40 bits per heavy atom. The van der Waals surface area contributed by atoms with E-state index in [2.05, 4.69) is 55.2 Å². The predicted octanol–water partition coefficient (Wildman–Crippen LogP) is 9.92. The summed E-state index contributed by atoms with van der Waals surface area (Å²) in [6.45, 7) is 15.7. The summed E-state index contributed by atoms with van der Waals surface area (Å²) in [5.41, 5.74) is 5.55. The highest BCUT2D eigenvalue weighted by atomic mass is 16.5. The number of aromatic nitrogens is 1. The van der Waals surface area contributed by atoms with Gasteiger partial charge in [-0.15, -0.1) is 0 Å². The molecule has 1 aromatic carbocycles. The largest absolute Gasteiger partial charge is 0.496 e. The van der Waals surface area contributed by atoms with E-state index in [1.54, 1.807) is 7.11 Å². The molecule has 250 valence electrons. The summed E-state index contributed by atoms with van der Waals surface area (Å²) in [7, 11) is 3.79. The molecule has 45 heavy (non-hydrogen) atoms. The number of Topliss-reactive ketones (excluding diaryl/α,β-unsaturated/α-hetero) is 1. The van der Waals surface area contributed by atoms with Crippen LogP contribution in [0.5, 0.6) is 5.75 Å². The lowest BCUT2D eigenvalue weighted by Crippen LogP contribution is -2.42. The number of nitrogens with zero attached hydrogens (tertiary/aromatic N) is 3. The number of benzene rings is 1. The number of rotatable bonds is 11. The fourth-order valence-corrected chi connectivity index (χ4v) is 7.58. The number of piperidine rings is 1. The molecule has 2 aliphatic carbocycles. The molecule has 1 aromatic heterocycles. The number of hydrogen-bond acceptors (Lipinski definition) is 5. The Morgan fingerprint density at radius 2 is 1.76 bits per heavy atom. The Balaban J connectivity index is 0.000000251. The molecule has 1 aliphatic heterocycles. The van der Waals surface area contributed by atoms with E-state index in [9.17, 15) is 4.79 Å². The summed E-state index contributed by atoms with van der Waals surface area (Å²) in [5, 5.41) is 0. The molecule has 1 atom stereocenters. The van der Waals surface area contributed by atoms with Gasteiger partial charge in [0.15, 0.2) is 5.78 Å². The monoisotopic (exact) mass is 617 g/mol. The van der Waals surface area contributed by atoms with Gasteiger partial charge in [-0.1, -0.05) is 65.2 Å². The number of carbonyl (C=O) groups excluding carboxylic acids is 1. The minimum Gasteiger partial charge on any atom is -0.496 e. The smallest absolute Gasteiger partial charge is 0.163 e. The highest BCUT2D eigenvalue weighted by molar-refractivity contribution is 5.96. The third kappa shape index (κ3) is 9.91. The summed E-state index contributed by atoms with van der Waals surface area (Å²) in [4.78, 5) is 22.2. The Hall–Kier alpha value is -2.66. The van der Waals surface area contributed by atoms with Crippen LogP contribution in [0.25, 0.3) is 0 Å². The van der Waals surface area contributed by atoms with Crippen molar-refractivity contribution in [2.45, 2.75) is 117 Å². The summed E-state index contributed by atoms with van der Waals surface area (Å²) in [5.74, 6) is 3.88. The molecule has 5 rings (SSSR count). The molecule has 1 saturated heterocycles. The first-order valence-electron chi connectivity index (χ1n) is 18.0. The van der Waals surface area contributed by atoms with Gasteiger partial charge in [0.1, 0.15) is 5.75 Å². The van der Waals surface area contributed by atoms with E-state index in [-0.39, 0.29) is 7.21 Å². The maximum atomic E-state index is 12.6. The normalized spacial score (nSPS) is 21.9. The van der Waals surface area contributed by atoms with E-state index >= 15 is 0 Å². The lowest BCUT2D eigenvalue weighted by atomic mass is 9.81. The van der Waals surface area contributed by atoms with Crippen LogP contribution in [0, 0.1) is 30.6 Å². The van der Waals surface area contributed by atoms with Crippen LogP contribution < -0.4 is 9.64 Å². The second kappa shape index (κ2) is 17.3. The van der Waals surface area contributed by atoms with Gasteiger partial charge in [-0.05, 0) is 119 Å². The molecule has 0 bridgehead atoms. The first kappa shape index (κ1) is 35.2. The second-order valence-corrected chi connectivity index (χ2v) is 14.4. The number of hydrogen-bond donors (Lipinski definition) is 0. The Labute approximate surface area is 276 Å². The molecule has 0 spiro atoms. The number of pyridine rings is 1. The summed E-state index contributed by atoms with van der Waals surface area (Å²) in [6.07, 6.45) is 18.0. The van der Waals surface area contributed by atoms with Crippen molar-refractivity contribution >= 4 is 11.5 Å². The van der Waals surface area contributed by atoms with Crippen molar-refractivity contribution in [2.75, 3.05) is 32.1 Å². The summed E-state index contributed by atoms with van der Waals surface area (Å²) >= 11 is 0. The fraction of sp³-hybridized carbons (Fsp3) is 0.650. The van der Waals surface area contributed by atoms with Crippen molar-refractivity contribution in [1.29, 1.82) is 0 Å². The van der Waals surface area contributed by atoms with E-state index in [1.807, 2.05) is 37.4 Å². The lowest BCUT2D eigenvalue weighted by Gasteiger charge is -2.40. The number of likely N-dealkylation sites (tertiary alicyclic amines) is 1. The van der Waals surface area contributed by atoms with E-state index in [1.165, 1.54) is 94.4 Å².